The second-order valence-corrected chi connectivity index (χ2v) is 16.7. The summed E-state index contributed by atoms with van der Waals surface area (Å²) in [6.45, 7) is 13.9. The maximum absolute atomic E-state index is 14.5. The highest BCUT2D eigenvalue weighted by molar-refractivity contribution is 7.88. The fourth-order valence-corrected chi connectivity index (χ4v) is 6.64. The number of likely N-dealkylation sites (N-methyl/N-ethyl adjacent to an activating group) is 1. The van der Waals surface area contributed by atoms with E-state index in [-0.39, 0.29) is 32.0 Å². The topological polar surface area (TPSA) is 183 Å². The summed E-state index contributed by atoms with van der Waals surface area (Å²) in [7, 11) is -2.24. The molecule has 0 radical (unpaired) electrons. The second-order valence-electron chi connectivity index (χ2n) is 14.6. The van der Waals surface area contributed by atoms with Gasteiger partial charge >= 0.3 is 12.2 Å². The van der Waals surface area contributed by atoms with Crippen LogP contribution in [0.4, 0.5) is 18.0 Å². The van der Waals surface area contributed by atoms with E-state index < -0.39 is 94.4 Å². The first-order valence-corrected chi connectivity index (χ1v) is 19.2. The van der Waals surface area contributed by atoms with E-state index in [1.165, 1.54) is 18.0 Å². The molecule has 1 saturated heterocycles. The number of ether oxygens (including phenoxy) is 1. The molecule has 0 bridgehead atoms. The third-order valence-electron chi connectivity index (χ3n) is 8.93. The van der Waals surface area contributed by atoms with Crippen LogP contribution in [0.2, 0.25) is 0 Å². The van der Waals surface area contributed by atoms with Crippen LogP contribution in [-0.4, -0.2) is 122 Å². The molecular weight excluding hydrogens is 709 g/mol. The number of nitrogens with one attached hydrogen (secondary N) is 4. The predicted octanol–water partition coefficient (Wildman–Crippen LogP) is 2.55. The van der Waals surface area contributed by atoms with Gasteiger partial charge in [-0.1, -0.05) is 37.5 Å². The number of Topliss-reactive ketones (excluding diaryl/α,β-unsaturated/α-hetero) is 1. The van der Waals surface area contributed by atoms with E-state index >= 15 is 0 Å². The third-order valence-corrected chi connectivity index (χ3v) is 10.2. The van der Waals surface area contributed by atoms with Crippen molar-refractivity contribution in [3.05, 3.63) is 24.8 Å². The molecule has 18 heteroatoms. The Morgan fingerprint density at radius 2 is 1.63 bits per heavy atom. The Morgan fingerprint density at radius 1 is 1.02 bits per heavy atom. The van der Waals surface area contributed by atoms with E-state index in [0.717, 1.165) is 29.8 Å². The predicted molar refractivity (Wildman–Crippen MR) is 188 cm³/mol. The van der Waals surface area contributed by atoms with Crippen LogP contribution in [0, 0.1) is 5.92 Å². The van der Waals surface area contributed by atoms with Crippen molar-refractivity contribution in [2.24, 2.45) is 5.92 Å². The van der Waals surface area contributed by atoms with Crippen molar-refractivity contribution in [1.29, 1.82) is 0 Å². The monoisotopic (exact) mass is 764 g/mol. The summed E-state index contributed by atoms with van der Waals surface area (Å²) >= 11 is 0. The number of likely N-dealkylation sites (tertiary alicyclic amines) is 1. The first kappa shape index (κ1) is 44.7. The Morgan fingerprint density at radius 3 is 2.15 bits per heavy atom. The Labute approximate surface area is 304 Å². The quantitative estimate of drug-likeness (QED) is 0.129. The van der Waals surface area contributed by atoms with E-state index in [1.54, 1.807) is 27.7 Å². The fraction of sp³-hybridized carbons (Fsp3) is 0.735. The second kappa shape index (κ2) is 19.0. The lowest BCUT2D eigenvalue weighted by Gasteiger charge is -2.35. The normalized spacial score (nSPS) is 20.4. The van der Waals surface area contributed by atoms with Gasteiger partial charge in [0.1, 0.15) is 12.1 Å². The highest BCUT2D eigenvalue weighted by Crippen LogP contribution is 2.31. The molecule has 1 unspecified atom stereocenters. The molecule has 2 aliphatic rings. The van der Waals surface area contributed by atoms with Crippen molar-refractivity contribution < 1.29 is 50.3 Å². The van der Waals surface area contributed by atoms with Gasteiger partial charge in [-0.05, 0) is 52.9 Å². The number of hydrogen-bond donors (Lipinski definition) is 4. The number of hydrogen-bond acceptors (Lipinski definition) is 8. The van der Waals surface area contributed by atoms with Gasteiger partial charge < -0.3 is 30.9 Å². The van der Waals surface area contributed by atoms with Gasteiger partial charge in [0.25, 0.3) is 5.91 Å². The van der Waals surface area contributed by atoms with E-state index in [9.17, 15) is 45.6 Å². The minimum Gasteiger partial charge on any atom is -0.371 e. The molecule has 5 atom stereocenters. The van der Waals surface area contributed by atoms with Gasteiger partial charge in [-0.3, -0.25) is 19.2 Å². The van der Waals surface area contributed by atoms with Crippen molar-refractivity contribution in [3.8, 4) is 0 Å². The average molecular weight is 765 g/mol. The number of halogens is 3. The van der Waals surface area contributed by atoms with E-state index in [0.29, 0.717) is 18.4 Å². The zero-order valence-corrected chi connectivity index (χ0v) is 31.8. The SMILES string of the molecule is C=CCNC(=O)C(=O)C(CCC(F)(F)F)NC(=O)[C@@H]1C[C@@H](OC(C)(C)C)CN1C(=O)[C@@H](NC(=O)N[C@H](CN(C)S(C)(=O)=O)C(=C)C)C1CCCCC1. The molecule has 1 saturated carbocycles. The summed E-state index contributed by atoms with van der Waals surface area (Å²) in [4.78, 5) is 68.4. The molecule has 4 N–H and O–H groups in total. The molecule has 1 heterocycles. The summed E-state index contributed by atoms with van der Waals surface area (Å²) in [5, 5.41) is 9.95. The number of rotatable bonds is 17. The van der Waals surface area contributed by atoms with E-state index in [1.807, 2.05) is 0 Å². The lowest BCUT2D eigenvalue weighted by molar-refractivity contribution is -0.147. The minimum atomic E-state index is -4.69. The van der Waals surface area contributed by atoms with Gasteiger partial charge in [0.15, 0.2) is 0 Å². The molecule has 0 aromatic heterocycles. The molecular formula is C34H55F3N6O8S. The Bertz CT molecular complexity index is 1430. The molecule has 296 valence electrons. The zero-order valence-electron chi connectivity index (χ0n) is 30.9. The van der Waals surface area contributed by atoms with Gasteiger partial charge in [0, 0.05) is 39.5 Å². The number of alkyl halides is 3. The van der Waals surface area contributed by atoms with Crippen molar-refractivity contribution in [2.75, 3.05) is 32.9 Å². The molecule has 0 aromatic carbocycles. The number of nitrogens with zero attached hydrogens (tertiary/aromatic N) is 2. The van der Waals surface area contributed by atoms with Crippen molar-refractivity contribution >= 4 is 39.6 Å². The van der Waals surface area contributed by atoms with Crippen LogP contribution in [0.25, 0.3) is 0 Å². The summed E-state index contributed by atoms with van der Waals surface area (Å²) in [6.07, 6.45) is -1.90. The van der Waals surface area contributed by atoms with Crippen molar-refractivity contribution in [3.63, 3.8) is 0 Å². The van der Waals surface area contributed by atoms with Crippen molar-refractivity contribution in [1.82, 2.24) is 30.5 Å². The molecule has 0 spiro atoms. The first-order valence-electron chi connectivity index (χ1n) is 17.4. The number of carbonyl (C=O) groups is 5. The van der Waals surface area contributed by atoms with Crippen LogP contribution < -0.4 is 21.3 Å². The van der Waals surface area contributed by atoms with Gasteiger partial charge in [-0.2, -0.15) is 13.2 Å². The Hall–Kier alpha value is -3.51. The number of ketones is 1. The molecule has 1 aliphatic carbocycles. The minimum absolute atomic E-state index is 0.0726. The average Bonchev–Trinajstić information content (AvgIpc) is 3.45. The maximum Gasteiger partial charge on any atom is 0.389 e. The summed E-state index contributed by atoms with van der Waals surface area (Å²) in [6, 6.07) is -5.90. The summed E-state index contributed by atoms with van der Waals surface area (Å²) in [5.74, 6) is -4.42. The number of urea groups is 1. The Balaban J connectivity index is 2.45. The van der Waals surface area contributed by atoms with Gasteiger partial charge in [0.2, 0.25) is 27.6 Å². The van der Waals surface area contributed by atoms with Gasteiger partial charge in [0.05, 0.1) is 30.0 Å². The van der Waals surface area contributed by atoms with Crippen LogP contribution in [0.15, 0.2) is 24.8 Å². The highest BCUT2D eigenvalue weighted by atomic mass is 32.2. The standard InChI is InChI=1S/C34H55F3N6O8S/c1-9-17-38-30(46)28(44)24(15-16-34(35,36)37)39-29(45)26-18-23(51-33(4,5)6)19-43(26)31(47)27(22-13-11-10-12-14-22)41-32(48)40-25(21(2)3)20-42(7)52(8,49)50/h9,22-27H,1-2,10-20H2,3-8H3,(H,38,46)(H,39,45)(H2,40,41,48)/t23-,24?,25-,26+,27+/m1/s1. The molecule has 0 aromatic rings. The Kier molecular flexibility index (Phi) is 16.3. The van der Waals surface area contributed by atoms with Crippen LogP contribution in [0.3, 0.4) is 0 Å². The largest absolute Gasteiger partial charge is 0.389 e. The van der Waals surface area contributed by atoms with E-state index in [2.05, 4.69) is 34.4 Å². The molecule has 5 amide bonds. The third kappa shape index (κ3) is 14.5. The lowest BCUT2D eigenvalue weighted by Crippen LogP contribution is -2.60. The van der Waals surface area contributed by atoms with Crippen molar-refractivity contribution in [2.45, 2.75) is 121 Å². The summed E-state index contributed by atoms with van der Waals surface area (Å²) < 4.78 is 70.9. The van der Waals surface area contributed by atoms with Crippen LogP contribution in [0.1, 0.15) is 79.1 Å². The lowest BCUT2D eigenvalue weighted by atomic mass is 9.83. The number of amides is 5. The van der Waals surface area contributed by atoms with Crippen LogP contribution in [0.5, 0.6) is 0 Å². The van der Waals surface area contributed by atoms with E-state index in [4.69, 9.17) is 4.74 Å². The molecule has 2 rings (SSSR count). The highest BCUT2D eigenvalue weighted by Gasteiger charge is 2.46. The van der Waals surface area contributed by atoms with Gasteiger partial charge in [-0.15, -0.1) is 6.58 Å². The molecule has 14 nitrogen and oxygen atoms in total. The van der Waals surface area contributed by atoms with Crippen LogP contribution in [-0.2, 0) is 33.9 Å². The fourth-order valence-electron chi connectivity index (χ4n) is 6.22. The number of carbonyl (C=O) groups excluding carboxylic acids is 5. The van der Waals surface area contributed by atoms with Gasteiger partial charge in [-0.25, -0.2) is 17.5 Å². The molecule has 2 fully saturated rings. The van der Waals surface area contributed by atoms with Crippen LogP contribution >= 0.6 is 0 Å². The summed E-state index contributed by atoms with van der Waals surface area (Å²) in [5.41, 5.74) is -0.256. The maximum atomic E-state index is 14.5. The molecule has 52 heavy (non-hydrogen) atoms. The molecule has 1 aliphatic heterocycles. The zero-order chi connectivity index (χ0) is 39.6. The first-order chi connectivity index (χ1) is 23.9. The number of sulfonamides is 1. The smallest absolute Gasteiger partial charge is 0.371 e.